The summed E-state index contributed by atoms with van der Waals surface area (Å²) < 4.78 is 22.9. The van der Waals surface area contributed by atoms with Gasteiger partial charge in [0.2, 0.25) is 5.91 Å². The first kappa shape index (κ1) is 40.2. The fourth-order valence-corrected chi connectivity index (χ4v) is 6.60. The topological polar surface area (TPSA) is 146 Å². The molecule has 0 aliphatic rings. The van der Waals surface area contributed by atoms with E-state index in [1.54, 1.807) is 44.7 Å². The Morgan fingerprint density at radius 3 is 2.15 bits per heavy atom. The maximum absolute atomic E-state index is 13.7. The van der Waals surface area contributed by atoms with Crippen molar-refractivity contribution in [3.63, 3.8) is 0 Å². The van der Waals surface area contributed by atoms with Crippen LogP contribution in [0.2, 0.25) is 0 Å². The van der Waals surface area contributed by atoms with Gasteiger partial charge >= 0.3 is 6.03 Å². The summed E-state index contributed by atoms with van der Waals surface area (Å²) in [5.41, 5.74) is 8.80. The third kappa shape index (κ3) is 10.2. The van der Waals surface area contributed by atoms with Crippen molar-refractivity contribution in [3.05, 3.63) is 96.2 Å². The average Bonchev–Trinajstić information content (AvgIpc) is 3.17. The summed E-state index contributed by atoms with van der Waals surface area (Å²) in [6.07, 6.45) is 4.75. The van der Waals surface area contributed by atoms with E-state index in [9.17, 15) is 9.59 Å². The van der Waals surface area contributed by atoms with Gasteiger partial charge in [0.25, 0.3) is 0 Å². The van der Waals surface area contributed by atoms with Gasteiger partial charge in [-0.2, -0.15) is 0 Å². The van der Waals surface area contributed by atoms with Crippen LogP contribution in [0, 0.1) is 11.8 Å². The maximum atomic E-state index is 13.7. The Morgan fingerprint density at radius 2 is 1.49 bits per heavy atom. The molecule has 5 N–H and O–H groups in total. The second-order valence-corrected chi connectivity index (χ2v) is 14.6. The van der Waals surface area contributed by atoms with E-state index in [1.807, 2.05) is 54.6 Å². The number of carbonyl (C=O) groups excluding carboxylic acids is 2. The van der Waals surface area contributed by atoms with Crippen molar-refractivity contribution in [3.8, 4) is 28.7 Å². The molecule has 11 heteroatoms. The van der Waals surface area contributed by atoms with Crippen molar-refractivity contribution in [2.75, 3.05) is 37.3 Å². The van der Waals surface area contributed by atoms with Crippen molar-refractivity contribution in [2.45, 2.75) is 65.7 Å². The van der Waals surface area contributed by atoms with E-state index in [0.29, 0.717) is 63.3 Å². The van der Waals surface area contributed by atoms with Crippen LogP contribution in [0.4, 0.5) is 27.7 Å². The van der Waals surface area contributed by atoms with E-state index < -0.39 is 11.9 Å². The summed E-state index contributed by atoms with van der Waals surface area (Å²) in [6.45, 7) is 11.2. The molecule has 0 fully saturated rings. The molecule has 5 aromatic rings. The van der Waals surface area contributed by atoms with Crippen LogP contribution in [0.15, 0.2) is 85.1 Å². The van der Waals surface area contributed by atoms with Crippen LogP contribution in [0.3, 0.4) is 0 Å². The van der Waals surface area contributed by atoms with Gasteiger partial charge in [-0.25, -0.2) is 9.78 Å². The largest absolute Gasteiger partial charge is 0.497 e. The van der Waals surface area contributed by atoms with Gasteiger partial charge in [-0.05, 0) is 59.9 Å². The van der Waals surface area contributed by atoms with Crippen LogP contribution in [-0.4, -0.2) is 38.3 Å². The molecule has 2 atom stereocenters. The van der Waals surface area contributed by atoms with E-state index in [0.717, 1.165) is 41.3 Å². The zero-order valence-corrected chi connectivity index (χ0v) is 33.0. The number of hydrogen-bond donors (Lipinski definition) is 4. The molecule has 3 amide bonds. The number of benzene rings is 4. The molecule has 0 bridgehead atoms. The number of anilines is 4. The molecule has 290 valence electrons. The predicted octanol–water partition coefficient (Wildman–Crippen LogP) is 10.2. The molecule has 0 saturated carbocycles. The average molecular weight is 748 g/mol. The van der Waals surface area contributed by atoms with Crippen molar-refractivity contribution >= 4 is 45.6 Å². The molecule has 11 nitrogen and oxygen atoms in total. The first-order valence-corrected chi connectivity index (χ1v) is 18.6. The minimum atomic E-state index is -0.486. The number of aromatic nitrogens is 1. The second kappa shape index (κ2) is 17.9. The van der Waals surface area contributed by atoms with Crippen molar-refractivity contribution in [1.29, 1.82) is 0 Å². The number of nitrogens with two attached hydrogens (primary N) is 1. The Balaban J connectivity index is 1.38. The summed E-state index contributed by atoms with van der Waals surface area (Å²) >= 11 is 0. The molecule has 4 aromatic carbocycles. The fraction of sp³-hybridized carbons (Fsp3) is 0.341. The molecule has 1 aromatic heterocycles. The highest BCUT2D eigenvalue weighted by Gasteiger charge is 2.26. The summed E-state index contributed by atoms with van der Waals surface area (Å²) in [6, 6.07) is 23.8. The van der Waals surface area contributed by atoms with Crippen LogP contribution in [0.25, 0.3) is 10.8 Å². The molecule has 0 aliphatic heterocycles. The fourth-order valence-electron chi connectivity index (χ4n) is 6.60. The smallest absolute Gasteiger partial charge is 0.323 e. The minimum Gasteiger partial charge on any atom is -0.497 e. The number of fused-ring (bicyclic) bond motifs is 1. The van der Waals surface area contributed by atoms with Crippen molar-refractivity contribution < 1.29 is 28.5 Å². The lowest BCUT2D eigenvalue weighted by atomic mass is 9.76. The molecular weight excluding hydrogens is 695 g/mol. The molecular formula is C44H53N5O6. The highest BCUT2D eigenvalue weighted by molar-refractivity contribution is 6.08. The summed E-state index contributed by atoms with van der Waals surface area (Å²) in [5.74, 6) is 4.10. The van der Waals surface area contributed by atoms with Crippen LogP contribution in [0.5, 0.6) is 28.7 Å². The lowest BCUT2D eigenvalue weighted by Crippen LogP contribution is -2.24. The first-order chi connectivity index (χ1) is 26.3. The second-order valence-electron chi connectivity index (χ2n) is 14.6. The number of primary amides is 1. The number of methoxy groups -OCH3 is 3. The zero-order valence-electron chi connectivity index (χ0n) is 33.0. The Morgan fingerprint density at radius 1 is 0.800 bits per heavy atom. The summed E-state index contributed by atoms with van der Waals surface area (Å²) in [7, 11) is 4.71. The molecule has 1 heterocycles. The Kier molecular flexibility index (Phi) is 13.1. The monoisotopic (exact) mass is 747 g/mol. The van der Waals surface area contributed by atoms with Gasteiger partial charge in [0.1, 0.15) is 34.6 Å². The zero-order chi connectivity index (χ0) is 39.7. The Labute approximate surface area is 323 Å². The lowest BCUT2D eigenvalue weighted by molar-refractivity contribution is -0.117. The van der Waals surface area contributed by atoms with Crippen molar-refractivity contribution in [2.24, 2.45) is 17.6 Å². The predicted molar refractivity (Wildman–Crippen MR) is 221 cm³/mol. The number of ether oxygens (including phenoxy) is 4. The first-order valence-electron chi connectivity index (χ1n) is 18.6. The Hall–Kier alpha value is -5.97. The van der Waals surface area contributed by atoms with Crippen LogP contribution in [-0.2, 0) is 16.6 Å². The number of rotatable bonds is 17. The number of urea groups is 1. The highest BCUT2D eigenvalue weighted by Crippen LogP contribution is 2.40. The molecule has 0 spiro atoms. The molecule has 0 aliphatic carbocycles. The third-order valence-corrected chi connectivity index (χ3v) is 10.3. The molecule has 0 radical (unpaired) electrons. The van der Waals surface area contributed by atoms with E-state index in [4.69, 9.17) is 24.7 Å². The van der Waals surface area contributed by atoms with Gasteiger partial charge < -0.3 is 40.6 Å². The van der Waals surface area contributed by atoms with Crippen LogP contribution < -0.4 is 40.6 Å². The van der Waals surface area contributed by atoms with E-state index in [-0.39, 0.29) is 11.8 Å². The number of pyridine rings is 1. The SMILES string of the molecule is CCC(C)C(C)CCC(C)(C)c1cc(CC(N)=O)c(OC)c(NC(=O)Nc2ccc(Oc3ccnc(Nc4cc(OC)cc(OC)c4)c3)c3ccccc23)c1. The molecule has 0 saturated heterocycles. The lowest BCUT2D eigenvalue weighted by Gasteiger charge is -2.30. The maximum Gasteiger partial charge on any atom is 0.323 e. The van der Waals surface area contributed by atoms with E-state index in [1.165, 1.54) is 7.11 Å². The summed E-state index contributed by atoms with van der Waals surface area (Å²) in [5, 5.41) is 10.9. The normalized spacial score (nSPS) is 12.4. The Bertz CT molecular complexity index is 2110. The van der Waals surface area contributed by atoms with Gasteiger partial charge in [-0.1, -0.05) is 71.4 Å². The molecule has 55 heavy (non-hydrogen) atoms. The van der Waals surface area contributed by atoms with E-state index >= 15 is 0 Å². The van der Waals surface area contributed by atoms with Gasteiger partial charge in [0.15, 0.2) is 0 Å². The highest BCUT2D eigenvalue weighted by atomic mass is 16.5. The van der Waals surface area contributed by atoms with Gasteiger partial charge in [0, 0.05) is 52.5 Å². The van der Waals surface area contributed by atoms with E-state index in [2.05, 4.69) is 55.6 Å². The standard InChI is InChI=1S/C44H53N5O6/c1-9-27(2)28(3)16-18-44(4,5)30-20-29(21-40(45)50)42(54-8)38(22-30)49-43(51)48-37-14-15-39(36-13-11-10-12-35(36)37)55-32-17-19-46-41(26-32)47-31-23-33(52-6)25-34(24-31)53-7/h10-15,17,19-20,22-28H,9,16,18,21H2,1-8H3,(H2,45,50)(H,46,47)(H2,48,49,51). The quantitative estimate of drug-likeness (QED) is 0.0735. The minimum absolute atomic E-state index is 0.0243. The number of nitrogens with one attached hydrogen (secondary N) is 3. The van der Waals surface area contributed by atoms with Crippen LogP contribution >= 0.6 is 0 Å². The number of amides is 3. The van der Waals surface area contributed by atoms with Gasteiger partial charge in [-0.15, -0.1) is 0 Å². The third-order valence-electron chi connectivity index (χ3n) is 10.3. The molecule has 2 unspecified atom stereocenters. The van der Waals surface area contributed by atoms with Gasteiger partial charge in [-0.3, -0.25) is 4.79 Å². The number of nitrogens with zero attached hydrogens (tertiary/aromatic N) is 1. The summed E-state index contributed by atoms with van der Waals surface area (Å²) in [4.78, 5) is 30.3. The molecule has 5 rings (SSSR count). The number of carbonyl (C=O) groups is 2. The van der Waals surface area contributed by atoms with Crippen LogP contribution in [0.1, 0.15) is 65.0 Å². The number of hydrogen-bond acceptors (Lipinski definition) is 8. The van der Waals surface area contributed by atoms with Crippen molar-refractivity contribution in [1.82, 2.24) is 4.98 Å². The van der Waals surface area contributed by atoms with Gasteiger partial charge in [0.05, 0.1) is 39.1 Å².